The first-order chi connectivity index (χ1) is 8.25. The number of aromatic nitrogens is 2. The molecule has 6 heteroatoms. The van der Waals surface area contributed by atoms with Gasteiger partial charge in [-0.25, -0.2) is 4.98 Å². The van der Waals surface area contributed by atoms with E-state index in [4.69, 9.17) is 0 Å². The lowest BCUT2D eigenvalue weighted by Gasteiger charge is -2.10. The van der Waals surface area contributed by atoms with Gasteiger partial charge in [-0.15, -0.1) is 0 Å². The van der Waals surface area contributed by atoms with Gasteiger partial charge in [0.1, 0.15) is 11.9 Å². The fraction of sp³-hybridized carbons (Fsp3) is 0.545. The quantitative estimate of drug-likeness (QED) is 0.615. The van der Waals surface area contributed by atoms with Crippen molar-refractivity contribution in [1.82, 2.24) is 20.6 Å². The zero-order valence-electron chi connectivity index (χ0n) is 9.53. The molecule has 6 nitrogen and oxygen atoms in total. The van der Waals surface area contributed by atoms with Crippen LogP contribution in [0.4, 0.5) is 0 Å². The number of nitrogens with one attached hydrogen (secondary N) is 3. The molecule has 0 aliphatic carbocycles. The van der Waals surface area contributed by atoms with Crippen LogP contribution < -0.4 is 10.6 Å². The maximum absolute atomic E-state index is 11.6. The monoisotopic (exact) mass is 236 g/mol. The minimum atomic E-state index is -0.342. The number of amides is 2. The number of hydrogen-bond acceptors (Lipinski definition) is 3. The van der Waals surface area contributed by atoms with Crippen molar-refractivity contribution in [2.75, 3.05) is 6.54 Å². The third-order valence-electron chi connectivity index (χ3n) is 2.76. The summed E-state index contributed by atoms with van der Waals surface area (Å²) in [4.78, 5) is 29.6. The summed E-state index contributed by atoms with van der Waals surface area (Å²) < 4.78 is 0. The van der Waals surface area contributed by atoms with Gasteiger partial charge in [0.15, 0.2) is 0 Å². The lowest BCUT2D eigenvalue weighted by Crippen LogP contribution is -2.41. The zero-order chi connectivity index (χ0) is 12.1. The first kappa shape index (κ1) is 11.6. The van der Waals surface area contributed by atoms with Gasteiger partial charge < -0.3 is 15.6 Å². The summed E-state index contributed by atoms with van der Waals surface area (Å²) in [5.41, 5.74) is 0. The average molecular weight is 236 g/mol. The lowest BCUT2D eigenvalue weighted by atomic mass is 10.2. The van der Waals surface area contributed by atoms with Crippen molar-refractivity contribution in [2.45, 2.75) is 31.7 Å². The molecule has 17 heavy (non-hydrogen) atoms. The number of rotatable bonds is 5. The summed E-state index contributed by atoms with van der Waals surface area (Å²) in [6.45, 7) is 0.603. The van der Waals surface area contributed by atoms with Crippen molar-refractivity contribution in [3.63, 3.8) is 0 Å². The van der Waals surface area contributed by atoms with Gasteiger partial charge in [-0.2, -0.15) is 0 Å². The second-order valence-corrected chi connectivity index (χ2v) is 4.09. The van der Waals surface area contributed by atoms with E-state index in [0.29, 0.717) is 19.4 Å². The Bertz CT molecular complexity index is 388. The molecule has 0 saturated carbocycles. The Labute approximate surface area is 99.2 Å². The Hall–Kier alpha value is -1.85. The van der Waals surface area contributed by atoms with E-state index in [1.54, 1.807) is 12.4 Å². The molecule has 92 valence electrons. The van der Waals surface area contributed by atoms with Crippen molar-refractivity contribution < 1.29 is 9.59 Å². The minimum absolute atomic E-state index is 0.0410. The molecule has 2 rings (SSSR count). The topological polar surface area (TPSA) is 86.9 Å². The Balaban J connectivity index is 1.62. The van der Waals surface area contributed by atoms with E-state index in [-0.39, 0.29) is 17.9 Å². The Morgan fingerprint density at radius 3 is 3.12 bits per heavy atom. The lowest BCUT2D eigenvalue weighted by molar-refractivity contribution is -0.125. The third-order valence-corrected chi connectivity index (χ3v) is 2.76. The number of H-pyrrole nitrogens is 1. The zero-order valence-corrected chi connectivity index (χ0v) is 9.53. The maximum Gasteiger partial charge on any atom is 0.242 e. The van der Waals surface area contributed by atoms with Gasteiger partial charge in [0, 0.05) is 31.8 Å². The Morgan fingerprint density at radius 2 is 2.47 bits per heavy atom. The first-order valence-corrected chi connectivity index (χ1v) is 5.81. The van der Waals surface area contributed by atoms with E-state index >= 15 is 0 Å². The SMILES string of the molecule is O=C1CC[C@@H](C(=O)NCCCc2ncc[nH]2)N1. The molecule has 0 radical (unpaired) electrons. The number of aromatic amines is 1. The highest BCUT2D eigenvalue weighted by Gasteiger charge is 2.26. The van der Waals surface area contributed by atoms with E-state index < -0.39 is 0 Å². The highest BCUT2D eigenvalue weighted by molar-refractivity contribution is 5.90. The smallest absolute Gasteiger partial charge is 0.242 e. The molecule has 2 amide bonds. The van der Waals surface area contributed by atoms with Crippen LogP contribution in [0.1, 0.15) is 25.1 Å². The van der Waals surface area contributed by atoms with Crippen molar-refractivity contribution in [3.05, 3.63) is 18.2 Å². The highest BCUT2D eigenvalue weighted by atomic mass is 16.2. The van der Waals surface area contributed by atoms with Crippen LogP contribution in [0.5, 0.6) is 0 Å². The van der Waals surface area contributed by atoms with E-state index in [2.05, 4.69) is 20.6 Å². The largest absolute Gasteiger partial charge is 0.354 e. The summed E-state index contributed by atoms with van der Waals surface area (Å²) in [6, 6.07) is -0.342. The van der Waals surface area contributed by atoms with Crippen molar-refractivity contribution >= 4 is 11.8 Å². The van der Waals surface area contributed by atoms with Crippen LogP contribution in [0.2, 0.25) is 0 Å². The molecular formula is C11H16N4O2. The average Bonchev–Trinajstić information content (AvgIpc) is 2.95. The van der Waals surface area contributed by atoms with Crippen LogP contribution in [0.15, 0.2) is 12.4 Å². The van der Waals surface area contributed by atoms with Crippen LogP contribution in [-0.2, 0) is 16.0 Å². The Morgan fingerprint density at radius 1 is 1.59 bits per heavy atom. The number of carbonyl (C=O) groups excluding carboxylic acids is 2. The first-order valence-electron chi connectivity index (χ1n) is 5.81. The fourth-order valence-corrected chi connectivity index (χ4v) is 1.84. The second kappa shape index (κ2) is 5.47. The van der Waals surface area contributed by atoms with Gasteiger partial charge in [-0.1, -0.05) is 0 Å². The van der Waals surface area contributed by atoms with E-state index in [1.165, 1.54) is 0 Å². The molecule has 3 N–H and O–H groups in total. The summed E-state index contributed by atoms with van der Waals surface area (Å²) >= 11 is 0. The van der Waals surface area contributed by atoms with E-state index in [0.717, 1.165) is 18.7 Å². The maximum atomic E-state index is 11.6. The van der Waals surface area contributed by atoms with Crippen LogP contribution in [0, 0.1) is 0 Å². The van der Waals surface area contributed by atoms with Crippen molar-refractivity contribution in [2.24, 2.45) is 0 Å². The standard InChI is InChI=1S/C11H16N4O2/c16-10-4-3-8(15-10)11(17)14-5-1-2-9-12-6-7-13-9/h6-8H,1-5H2,(H,12,13)(H,14,17)(H,15,16)/t8-/m0/s1. The van der Waals surface area contributed by atoms with Gasteiger partial charge in [0.05, 0.1) is 0 Å². The molecule has 0 spiro atoms. The predicted octanol–water partition coefficient (Wildman–Crippen LogP) is -0.263. The summed E-state index contributed by atoms with van der Waals surface area (Å²) in [5.74, 6) is 0.796. The molecule has 1 aliphatic heterocycles. The molecule has 0 bridgehead atoms. The van der Waals surface area contributed by atoms with Crippen molar-refractivity contribution in [1.29, 1.82) is 0 Å². The highest BCUT2D eigenvalue weighted by Crippen LogP contribution is 2.06. The molecule has 1 aromatic heterocycles. The molecule has 0 unspecified atom stereocenters. The van der Waals surface area contributed by atoms with E-state index in [1.807, 2.05) is 0 Å². The predicted molar refractivity (Wildman–Crippen MR) is 61.1 cm³/mol. The third kappa shape index (κ3) is 3.30. The van der Waals surface area contributed by atoms with Gasteiger partial charge in [-0.3, -0.25) is 9.59 Å². The summed E-state index contributed by atoms with van der Waals surface area (Å²) in [5, 5.41) is 5.45. The van der Waals surface area contributed by atoms with Crippen LogP contribution in [0.3, 0.4) is 0 Å². The number of hydrogen-bond donors (Lipinski definition) is 3. The van der Waals surface area contributed by atoms with Gasteiger partial charge in [0.2, 0.25) is 11.8 Å². The number of aryl methyl sites for hydroxylation is 1. The van der Waals surface area contributed by atoms with Gasteiger partial charge in [0.25, 0.3) is 0 Å². The number of nitrogens with zero attached hydrogens (tertiary/aromatic N) is 1. The minimum Gasteiger partial charge on any atom is -0.354 e. The molecule has 1 aliphatic rings. The number of carbonyl (C=O) groups is 2. The molecular weight excluding hydrogens is 220 g/mol. The molecule has 2 heterocycles. The van der Waals surface area contributed by atoms with Gasteiger partial charge >= 0.3 is 0 Å². The van der Waals surface area contributed by atoms with Crippen LogP contribution in [-0.4, -0.2) is 34.4 Å². The van der Waals surface area contributed by atoms with Crippen molar-refractivity contribution in [3.8, 4) is 0 Å². The molecule has 1 aromatic rings. The summed E-state index contributed by atoms with van der Waals surface area (Å²) in [7, 11) is 0. The Kier molecular flexibility index (Phi) is 3.74. The molecule has 1 atom stereocenters. The van der Waals surface area contributed by atoms with Crippen LogP contribution in [0.25, 0.3) is 0 Å². The second-order valence-electron chi connectivity index (χ2n) is 4.09. The normalized spacial score (nSPS) is 19.1. The van der Waals surface area contributed by atoms with Gasteiger partial charge in [-0.05, 0) is 12.8 Å². The van der Waals surface area contributed by atoms with E-state index in [9.17, 15) is 9.59 Å². The summed E-state index contributed by atoms with van der Waals surface area (Å²) in [6.07, 6.45) is 6.18. The molecule has 0 aromatic carbocycles. The molecule has 1 saturated heterocycles. The van der Waals surface area contributed by atoms with Crippen LogP contribution >= 0.6 is 0 Å². The number of imidazole rings is 1. The fourth-order valence-electron chi connectivity index (χ4n) is 1.84. The molecule has 1 fully saturated rings.